The second kappa shape index (κ2) is 7.09. The van der Waals surface area contributed by atoms with Crippen molar-refractivity contribution in [2.75, 3.05) is 18.5 Å². The van der Waals surface area contributed by atoms with Crippen LogP contribution in [0.2, 0.25) is 0 Å². The molecule has 0 saturated carbocycles. The van der Waals surface area contributed by atoms with Crippen LogP contribution in [0.25, 0.3) is 0 Å². The number of hydrogen-bond donors (Lipinski definition) is 1. The molecule has 0 saturated heterocycles. The van der Waals surface area contributed by atoms with Crippen LogP contribution in [0.5, 0.6) is 5.75 Å². The predicted octanol–water partition coefficient (Wildman–Crippen LogP) is 2.52. The summed E-state index contributed by atoms with van der Waals surface area (Å²) in [6.45, 7) is 3.54. The maximum absolute atomic E-state index is 11.8. The molecule has 1 heterocycles. The summed E-state index contributed by atoms with van der Waals surface area (Å²) in [5, 5.41) is 7.15. The second-order valence-corrected chi connectivity index (χ2v) is 5.06. The van der Waals surface area contributed by atoms with E-state index in [1.54, 1.807) is 6.20 Å². The third-order valence-electron chi connectivity index (χ3n) is 2.62. The molecule has 0 aliphatic heterocycles. The van der Waals surface area contributed by atoms with E-state index in [0.717, 1.165) is 22.5 Å². The Morgan fingerprint density at radius 3 is 2.95 bits per heavy atom. The first kappa shape index (κ1) is 14.6. The van der Waals surface area contributed by atoms with Crippen LogP contribution in [0.15, 0.2) is 45.8 Å². The van der Waals surface area contributed by atoms with E-state index in [1.165, 1.54) is 10.7 Å². The lowest BCUT2D eigenvalue weighted by atomic mass is 10.3. The summed E-state index contributed by atoms with van der Waals surface area (Å²) in [6.07, 6.45) is 1.64. The van der Waals surface area contributed by atoms with Crippen molar-refractivity contribution in [2.45, 2.75) is 13.5 Å². The fourth-order valence-electron chi connectivity index (χ4n) is 1.71. The van der Waals surface area contributed by atoms with Crippen LogP contribution in [-0.2, 0) is 6.54 Å². The fraction of sp³-hybridized carbons (Fsp3) is 0.286. The highest BCUT2D eigenvalue weighted by Gasteiger charge is 2.00. The van der Waals surface area contributed by atoms with Gasteiger partial charge >= 0.3 is 0 Å². The number of nitrogens with one attached hydrogen (secondary N) is 1. The molecule has 0 aliphatic rings. The SMILES string of the molecule is CCNc1cnn(CCOc2cccc(Br)c2)c(=O)c1. The highest BCUT2D eigenvalue weighted by atomic mass is 79.9. The van der Waals surface area contributed by atoms with Crippen molar-refractivity contribution < 1.29 is 4.74 Å². The Kier molecular flexibility index (Phi) is 5.17. The molecule has 5 nitrogen and oxygen atoms in total. The van der Waals surface area contributed by atoms with E-state index in [-0.39, 0.29) is 5.56 Å². The molecule has 1 aromatic heterocycles. The van der Waals surface area contributed by atoms with Gasteiger partial charge in [-0.25, -0.2) is 4.68 Å². The molecule has 20 heavy (non-hydrogen) atoms. The van der Waals surface area contributed by atoms with Gasteiger partial charge in [-0.1, -0.05) is 22.0 Å². The van der Waals surface area contributed by atoms with Crippen molar-refractivity contribution in [3.05, 3.63) is 51.4 Å². The molecule has 0 fully saturated rings. The first-order valence-corrected chi connectivity index (χ1v) is 7.17. The summed E-state index contributed by atoms with van der Waals surface area (Å²) in [5.41, 5.74) is 0.600. The summed E-state index contributed by atoms with van der Waals surface area (Å²) in [5.74, 6) is 0.761. The molecule has 0 amide bonds. The van der Waals surface area contributed by atoms with Gasteiger partial charge in [0, 0.05) is 17.1 Å². The van der Waals surface area contributed by atoms with Crippen molar-refractivity contribution in [3.63, 3.8) is 0 Å². The standard InChI is InChI=1S/C14H16BrN3O2/c1-2-16-12-9-14(19)18(17-10-12)6-7-20-13-5-3-4-11(15)8-13/h3-5,8-10,16H,2,6-7H2,1H3. The normalized spacial score (nSPS) is 10.3. The van der Waals surface area contributed by atoms with Crippen molar-refractivity contribution >= 4 is 21.6 Å². The summed E-state index contributed by atoms with van der Waals surface area (Å²) < 4.78 is 7.92. The van der Waals surface area contributed by atoms with E-state index in [0.29, 0.717) is 13.2 Å². The van der Waals surface area contributed by atoms with Gasteiger partial charge in [0.1, 0.15) is 12.4 Å². The second-order valence-electron chi connectivity index (χ2n) is 4.14. The Labute approximate surface area is 125 Å². The molecule has 1 N–H and O–H groups in total. The minimum atomic E-state index is -0.138. The molecule has 106 valence electrons. The highest BCUT2D eigenvalue weighted by Crippen LogP contribution is 2.17. The lowest BCUT2D eigenvalue weighted by Crippen LogP contribution is -2.25. The minimum Gasteiger partial charge on any atom is -0.492 e. The van der Waals surface area contributed by atoms with Crippen molar-refractivity contribution in [2.24, 2.45) is 0 Å². The number of halogens is 1. The van der Waals surface area contributed by atoms with Gasteiger partial charge in [-0.2, -0.15) is 5.10 Å². The number of ether oxygens (including phenoxy) is 1. The molecule has 0 spiro atoms. The van der Waals surface area contributed by atoms with Crippen molar-refractivity contribution in [1.29, 1.82) is 0 Å². The van der Waals surface area contributed by atoms with E-state index >= 15 is 0 Å². The first-order chi connectivity index (χ1) is 9.69. The number of rotatable bonds is 6. The molecule has 0 aliphatic carbocycles. The molecule has 2 aromatic rings. The third kappa shape index (κ3) is 4.09. The van der Waals surface area contributed by atoms with Gasteiger partial charge in [0.05, 0.1) is 18.4 Å². The molecule has 0 radical (unpaired) electrons. The van der Waals surface area contributed by atoms with Gasteiger partial charge in [0.2, 0.25) is 0 Å². The fourth-order valence-corrected chi connectivity index (χ4v) is 2.09. The van der Waals surface area contributed by atoms with Crippen LogP contribution in [0.3, 0.4) is 0 Å². The smallest absolute Gasteiger partial charge is 0.268 e. The number of benzene rings is 1. The van der Waals surface area contributed by atoms with Crippen LogP contribution in [-0.4, -0.2) is 22.9 Å². The summed E-state index contributed by atoms with van der Waals surface area (Å²) >= 11 is 3.38. The summed E-state index contributed by atoms with van der Waals surface area (Å²) in [7, 11) is 0. The zero-order chi connectivity index (χ0) is 14.4. The van der Waals surface area contributed by atoms with Crippen molar-refractivity contribution in [1.82, 2.24) is 9.78 Å². The van der Waals surface area contributed by atoms with Crippen LogP contribution < -0.4 is 15.6 Å². The van der Waals surface area contributed by atoms with E-state index in [2.05, 4.69) is 26.3 Å². The quantitative estimate of drug-likeness (QED) is 0.879. The van der Waals surface area contributed by atoms with Gasteiger partial charge in [-0.05, 0) is 25.1 Å². The van der Waals surface area contributed by atoms with Gasteiger partial charge < -0.3 is 10.1 Å². The molecule has 0 unspecified atom stereocenters. The summed E-state index contributed by atoms with van der Waals surface area (Å²) in [4.78, 5) is 11.8. The monoisotopic (exact) mass is 337 g/mol. The minimum absolute atomic E-state index is 0.138. The van der Waals surface area contributed by atoms with Crippen LogP contribution in [0, 0.1) is 0 Å². The largest absolute Gasteiger partial charge is 0.492 e. The third-order valence-corrected chi connectivity index (χ3v) is 3.11. The Bertz CT molecular complexity index is 628. The Morgan fingerprint density at radius 2 is 2.25 bits per heavy atom. The zero-order valence-corrected chi connectivity index (χ0v) is 12.8. The first-order valence-electron chi connectivity index (χ1n) is 6.38. The summed E-state index contributed by atoms with van der Waals surface area (Å²) in [6, 6.07) is 9.11. The van der Waals surface area contributed by atoms with Gasteiger partial charge in [-0.3, -0.25) is 4.79 Å². The van der Waals surface area contributed by atoms with Gasteiger partial charge in [0.25, 0.3) is 5.56 Å². The zero-order valence-electron chi connectivity index (χ0n) is 11.2. The highest BCUT2D eigenvalue weighted by molar-refractivity contribution is 9.10. The molecule has 1 aromatic carbocycles. The average molecular weight is 338 g/mol. The molecule has 0 bridgehead atoms. The number of hydrogen-bond acceptors (Lipinski definition) is 4. The Balaban J connectivity index is 1.92. The lowest BCUT2D eigenvalue weighted by molar-refractivity contribution is 0.287. The van der Waals surface area contributed by atoms with Crippen LogP contribution in [0.4, 0.5) is 5.69 Å². The number of nitrogens with zero attached hydrogens (tertiary/aromatic N) is 2. The van der Waals surface area contributed by atoms with Crippen LogP contribution >= 0.6 is 15.9 Å². The topological polar surface area (TPSA) is 56.1 Å². The van der Waals surface area contributed by atoms with Crippen molar-refractivity contribution in [3.8, 4) is 5.75 Å². The van der Waals surface area contributed by atoms with Gasteiger partial charge in [0.15, 0.2) is 0 Å². The maximum Gasteiger partial charge on any atom is 0.268 e. The Hall–Kier alpha value is -1.82. The van der Waals surface area contributed by atoms with Crippen LogP contribution in [0.1, 0.15) is 6.92 Å². The molecule has 0 atom stereocenters. The molecular formula is C14H16BrN3O2. The molecule has 2 rings (SSSR count). The van der Waals surface area contributed by atoms with E-state index in [9.17, 15) is 4.79 Å². The van der Waals surface area contributed by atoms with E-state index in [1.807, 2.05) is 31.2 Å². The maximum atomic E-state index is 11.8. The van der Waals surface area contributed by atoms with Gasteiger partial charge in [-0.15, -0.1) is 0 Å². The Morgan fingerprint density at radius 1 is 1.40 bits per heavy atom. The molecular weight excluding hydrogens is 322 g/mol. The average Bonchev–Trinajstić information content (AvgIpc) is 2.42. The van der Waals surface area contributed by atoms with E-state index < -0.39 is 0 Å². The van der Waals surface area contributed by atoms with E-state index in [4.69, 9.17) is 4.74 Å². The lowest BCUT2D eigenvalue weighted by Gasteiger charge is -2.08. The molecule has 6 heteroatoms. The number of aromatic nitrogens is 2. The predicted molar refractivity (Wildman–Crippen MR) is 82.3 cm³/mol. The number of anilines is 1.